The van der Waals surface area contributed by atoms with Gasteiger partial charge in [-0.25, -0.2) is 9.97 Å². The Morgan fingerprint density at radius 3 is 3.00 bits per heavy atom. The Labute approximate surface area is 122 Å². The molecule has 6 nitrogen and oxygen atoms in total. The van der Waals surface area contributed by atoms with Gasteiger partial charge in [0.25, 0.3) is 0 Å². The summed E-state index contributed by atoms with van der Waals surface area (Å²) in [6.45, 7) is 4.32. The molecule has 1 aliphatic rings. The molecular weight excluding hydrogens is 264 g/mol. The number of hydrogen-bond donors (Lipinski definition) is 0. The molecule has 0 amide bonds. The SMILES string of the molecule is C[C@@H]1CCN(c2nccc(-c3cnn4ncccc34)n2)C1. The monoisotopic (exact) mass is 280 g/mol. The second kappa shape index (κ2) is 4.80. The molecule has 4 heterocycles. The van der Waals surface area contributed by atoms with Crippen molar-refractivity contribution in [3.05, 3.63) is 36.8 Å². The lowest BCUT2D eigenvalue weighted by atomic mass is 10.2. The minimum atomic E-state index is 0.707. The van der Waals surface area contributed by atoms with Crippen molar-refractivity contribution in [1.29, 1.82) is 0 Å². The molecule has 0 bridgehead atoms. The fourth-order valence-electron chi connectivity index (χ4n) is 2.80. The van der Waals surface area contributed by atoms with Gasteiger partial charge >= 0.3 is 0 Å². The van der Waals surface area contributed by atoms with Crippen LogP contribution in [-0.4, -0.2) is 37.9 Å². The van der Waals surface area contributed by atoms with Gasteiger partial charge in [-0.1, -0.05) is 6.92 Å². The van der Waals surface area contributed by atoms with Crippen molar-refractivity contribution in [3.8, 4) is 11.3 Å². The van der Waals surface area contributed by atoms with Crippen molar-refractivity contribution >= 4 is 11.5 Å². The van der Waals surface area contributed by atoms with Crippen LogP contribution in [0.5, 0.6) is 0 Å². The maximum atomic E-state index is 4.72. The Morgan fingerprint density at radius 1 is 1.19 bits per heavy atom. The van der Waals surface area contributed by atoms with E-state index in [1.54, 1.807) is 17.0 Å². The van der Waals surface area contributed by atoms with Gasteiger partial charge in [-0.3, -0.25) is 0 Å². The molecule has 1 atom stereocenters. The molecule has 0 N–H and O–H groups in total. The van der Waals surface area contributed by atoms with E-state index in [9.17, 15) is 0 Å². The lowest BCUT2D eigenvalue weighted by molar-refractivity contribution is 0.658. The van der Waals surface area contributed by atoms with E-state index in [0.29, 0.717) is 5.92 Å². The molecule has 0 aromatic carbocycles. The number of fused-ring (bicyclic) bond motifs is 1. The van der Waals surface area contributed by atoms with Crippen molar-refractivity contribution < 1.29 is 0 Å². The second-order valence-electron chi connectivity index (χ2n) is 5.54. The quantitative estimate of drug-likeness (QED) is 0.719. The fraction of sp³-hybridized carbons (Fsp3) is 0.333. The third kappa shape index (κ3) is 2.12. The van der Waals surface area contributed by atoms with Gasteiger partial charge in [0.05, 0.1) is 17.4 Å². The van der Waals surface area contributed by atoms with E-state index >= 15 is 0 Å². The summed E-state index contributed by atoms with van der Waals surface area (Å²) in [5.74, 6) is 1.51. The highest BCUT2D eigenvalue weighted by Crippen LogP contribution is 2.25. The molecule has 3 aromatic rings. The summed E-state index contributed by atoms with van der Waals surface area (Å²) in [4.78, 5) is 11.4. The van der Waals surface area contributed by atoms with Crippen molar-refractivity contribution in [2.75, 3.05) is 18.0 Å². The van der Waals surface area contributed by atoms with E-state index in [1.165, 1.54) is 6.42 Å². The molecule has 1 aliphatic heterocycles. The van der Waals surface area contributed by atoms with Crippen molar-refractivity contribution in [3.63, 3.8) is 0 Å². The Kier molecular flexibility index (Phi) is 2.80. The zero-order valence-corrected chi connectivity index (χ0v) is 11.8. The molecule has 0 aliphatic carbocycles. The molecule has 21 heavy (non-hydrogen) atoms. The average Bonchev–Trinajstić information content (AvgIpc) is 3.13. The summed E-state index contributed by atoms with van der Waals surface area (Å²) in [5, 5.41) is 8.45. The van der Waals surface area contributed by atoms with Crippen LogP contribution in [0.2, 0.25) is 0 Å². The molecule has 0 unspecified atom stereocenters. The van der Waals surface area contributed by atoms with Gasteiger partial charge in [-0.2, -0.15) is 14.8 Å². The third-order valence-electron chi connectivity index (χ3n) is 3.93. The largest absolute Gasteiger partial charge is 0.341 e. The van der Waals surface area contributed by atoms with E-state index in [0.717, 1.165) is 35.8 Å². The van der Waals surface area contributed by atoms with E-state index in [4.69, 9.17) is 4.98 Å². The molecular formula is C15H16N6. The van der Waals surface area contributed by atoms with Crippen molar-refractivity contribution in [2.24, 2.45) is 5.92 Å². The number of nitrogens with zero attached hydrogens (tertiary/aromatic N) is 6. The van der Waals surface area contributed by atoms with Crippen LogP contribution >= 0.6 is 0 Å². The number of aromatic nitrogens is 5. The van der Waals surface area contributed by atoms with Crippen LogP contribution in [0.4, 0.5) is 5.95 Å². The van der Waals surface area contributed by atoms with Crippen LogP contribution < -0.4 is 4.90 Å². The number of hydrogen-bond acceptors (Lipinski definition) is 5. The summed E-state index contributed by atoms with van der Waals surface area (Å²) in [6.07, 6.45) is 6.55. The molecule has 6 heteroatoms. The Bertz CT molecular complexity index is 780. The smallest absolute Gasteiger partial charge is 0.225 e. The fourth-order valence-corrected chi connectivity index (χ4v) is 2.80. The molecule has 0 spiro atoms. The zero-order valence-electron chi connectivity index (χ0n) is 11.8. The third-order valence-corrected chi connectivity index (χ3v) is 3.93. The predicted molar refractivity (Wildman–Crippen MR) is 80.0 cm³/mol. The van der Waals surface area contributed by atoms with E-state index in [2.05, 4.69) is 27.0 Å². The van der Waals surface area contributed by atoms with Gasteiger partial charge < -0.3 is 4.90 Å². The van der Waals surface area contributed by atoms with E-state index < -0.39 is 0 Å². The van der Waals surface area contributed by atoms with Crippen molar-refractivity contribution in [2.45, 2.75) is 13.3 Å². The summed E-state index contributed by atoms with van der Waals surface area (Å²) in [5.41, 5.74) is 2.83. The van der Waals surface area contributed by atoms with Gasteiger partial charge in [-0.15, -0.1) is 0 Å². The second-order valence-corrected chi connectivity index (χ2v) is 5.54. The lowest BCUT2D eigenvalue weighted by Gasteiger charge is -2.15. The standard InChI is InChI=1S/C15H16N6/c1-11-5-8-20(10-11)15-16-7-4-13(19-15)12-9-18-21-14(12)3-2-6-17-21/h2-4,6-7,9,11H,5,8,10H2,1H3/t11-/m1/s1. The van der Waals surface area contributed by atoms with Crippen LogP contribution in [0.1, 0.15) is 13.3 Å². The molecule has 106 valence electrons. The zero-order chi connectivity index (χ0) is 14.2. The average molecular weight is 280 g/mol. The molecule has 1 fully saturated rings. The Balaban J connectivity index is 1.75. The molecule has 0 radical (unpaired) electrons. The molecule has 1 saturated heterocycles. The highest BCUT2D eigenvalue weighted by molar-refractivity contribution is 5.77. The summed E-state index contributed by atoms with van der Waals surface area (Å²) in [7, 11) is 0. The maximum Gasteiger partial charge on any atom is 0.225 e. The van der Waals surface area contributed by atoms with Gasteiger partial charge in [0.1, 0.15) is 0 Å². The van der Waals surface area contributed by atoms with Crippen LogP contribution in [0.3, 0.4) is 0 Å². The first-order chi connectivity index (χ1) is 10.3. The molecule has 4 rings (SSSR count). The topological polar surface area (TPSA) is 59.2 Å². The highest BCUT2D eigenvalue weighted by Gasteiger charge is 2.21. The normalized spacial score (nSPS) is 18.5. The first-order valence-corrected chi connectivity index (χ1v) is 7.18. The maximum absolute atomic E-state index is 4.72. The van der Waals surface area contributed by atoms with Crippen molar-refractivity contribution in [1.82, 2.24) is 24.8 Å². The first kappa shape index (κ1) is 12.3. The van der Waals surface area contributed by atoms with Crippen LogP contribution in [0, 0.1) is 5.92 Å². The Morgan fingerprint density at radius 2 is 2.14 bits per heavy atom. The first-order valence-electron chi connectivity index (χ1n) is 7.18. The Hall–Kier alpha value is -2.50. The highest BCUT2D eigenvalue weighted by atomic mass is 15.4. The van der Waals surface area contributed by atoms with E-state index in [-0.39, 0.29) is 0 Å². The van der Waals surface area contributed by atoms with Gasteiger partial charge in [0.2, 0.25) is 5.95 Å². The number of rotatable bonds is 2. The summed E-state index contributed by atoms with van der Waals surface area (Å²) >= 11 is 0. The van der Waals surface area contributed by atoms with Gasteiger partial charge in [0.15, 0.2) is 0 Å². The van der Waals surface area contributed by atoms with Crippen LogP contribution in [0.25, 0.3) is 16.8 Å². The summed E-state index contributed by atoms with van der Waals surface area (Å²) in [6, 6.07) is 5.83. The van der Waals surface area contributed by atoms with Gasteiger partial charge in [0, 0.05) is 31.0 Å². The molecule has 0 saturated carbocycles. The lowest BCUT2D eigenvalue weighted by Crippen LogP contribution is -2.21. The molecule has 3 aromatic heterocycles. The minimum Gasteiger partial charge on any atom is -0.341 e. The minimum absolute atomic E-state index is 0.707. The summed E-state index contributed by atoms with van der Waals surface area (Å²) < 4.78 is 1.62. The van der Waals surface area contributed by atoms with Crippen LogP contribution in [0.15, 0.2) is 36.8 Å². The number of anilines is 1. The van der Waals surface area contributed by atoms with Gasteiger partial charge in [-0.05, 0) is 30.5 Å². The van der Waals surface area contributed by atoms with E-state index in [1.807, 2.05) is 24.4 Å². The van der Waals surface area contributed by atoms with Crippen LogP contribution in [-0.2, 0) is 0 Å². The predicted octanol–water partition coefficient (Wildman–Crippen LogP) is 2.03.